The number of nitrogens with zero attached hydrogens (tertiary/aromatic N) is 2. The molecule has 0 aromatic carbocycles. The van der Waals surface area contributed by atoms with Crippen molar-refractivity contribution in [2.75, 3.05) is 13.2 Å². The van der Waals surface area contributed by atoms with Crippen molar-refractivity contribution in [2.45, 2.75) is 38.3 Å². The fourth-order valence-corrected chi connectivity index (χ4v) is 3.24. The minimum absolute atomic E-state index is 0.0145. The van der Waals surface area contributed by atoms with Gasteiger partial charge in [-0.15, -0.1) is 0 Å². The van der Waals surface area contributed by atoms with Crippen molar-refractivity contribution in [1.82, 2.24) is 15.2 Å². The predicted molar refractivity (Wildman–Crippen MR) is 85.3 cm³/mol. The maximum atomic E-state index is 12.3. The molecule has 8 heteroatoms. The van der Waals surface area contributed by atoms with Crippen LogP contribution in [-0.2, 0) is 25.5 Å². The maximum Gasteiger partial charge on any atom is 0.310 e. The van der Waals surface area contributed by atoms with Crippen LogP contribution in [0.15, 0.2) is 12.3 Å². The van der Waals surface area contributed by atoms with E-state index in [-0.39, 0.29) is 30.9 Å². The summed E-state index contributed by atoms with van der Waals surface area (Å²) in [6.07, 6.45) is 3.03. The van der Waals surface area contributed by atoms with Gasteiger partial charge in [-0.25, -0.2) is 0 Å². The lowest BCUT2D eigenvalue weighted by atomic mass is 10.1. The number of esters is 1. The molecule has 0 radical (unpaired) electrons. The molecule has 3 rings (SSSR count). The van der Waals surface area contributed by atoms with E-state index >= 15 is 0 Å². The molecule has 0 aliphatic carbocycles. The van der Waals surface area contributed by atoms with E-state index in [0.717, 1.165) is 6.42 Å². The first-order chi connectivity index (χ1) is 11.5. The van der Waals surface area contributed by atoms with Gasteiger partial charge in [-0.3, -0.25) is 19.4 Å². The largest absolute Gasteiger partial charge is 0.463 e. The lowest BCUT2D eigenvalue weighted by Crippen LogP contribution is -2.62. The normalized spacial score (nSPS) is 23.0. The van der Waals surface area contributed by atoms with Gasteiger partial charge in [0.15, 0.2) is 0 Å². The number of fused-ring (bicyclic) bond motifs is 1. The summed E-state index contributed by atoms with van der Waals surface area (Å²) in [5, 5.41) is 3.08. The van der Waals surface area contributed by atoms with Crippen molar-refractivity contribution >= 4 is 29.4 Å². The number of ether oxygens (including phenoxy) is 1. The van der Waals surface area contributed by atoms with E-state index in [1.54, 1.807) is 17.9 Å². The summed E-state index contributed by atoms with van der Waals surface area (Å²) in [7, 11) is 0. The number of amides is 2. The van der Waals surface area contributed by atoms with Gasteiger partial charge in [0.05, 0.1) is 11.4 Å². The Morgan fingerprint density at radius 2 is 2.29 bits per heavy atom. The molecule has 2 amide bonds. The SMILES string of the molecule is Cc1ncc(Cl)cc1CC(=O)OC[C@@H]1NC(=O)[C@@H]2CCCN2C1=O. The molecule has 2 saturated heterocycles. The first-order valence-electron chi connectivity index (χ1n) is 7.83. The van der Waals surface area contributed by atoms with Crippen molar-refractivity contribution in [3.63, 3.8) is 0 Å². The number of aromatic nitrogens is 1. The molecule has 2 aliphatic heterocycles. The molecule has 7 nitrogen and oxygen atoms in total. The average Bonchev–Trinajstić information content (AvgIpc) is 3.03. The molecule has 0 bridgehead atoms. The number of aryl methyl sites for hydroxylation is 1. The van der Waals surface area contributed by atoms with Crippen LogP contribution < -0.4 is 5.32 Å². The van der Waals surface area contributed by atoms with Crippen LogP contribution in [0.3, 0.4) is 0 Å². The molecule has 2 atom stereocenters. The second kappa shape index (κ2) is 6.76. The van der Waals surface area contributed by atoms with Gasteiger partial charge in [-0.1, -0.05) is 11.6 Å². The van der Waals surface area contributed by atoms with Gasteiger partial charge in [0.1, 0.15) is 18.7 Å². The summed E-state index contributed by atoms with van der Waals surface area (Å²) < 4.78 is 5.18. The van der Waals surface area contributed by atoms with Gasteiger partial charge in [-0.05, 0) is 31.4 Å². The molecule has 24 heavy (non-hydrogen) atoms. The third-order valence-electron chi connectivity index (χ3n) is 4.36. The molecule has 3 heterocycles. The number of piperazine rings is 1. The summed E-state index contributed by atoms with van der Waals surface area (Å²) in [5.41, 5.74) is 1.37. The third-order valence-corrected chi connectivity index (χ3v) is 4.56. The van der Waals surface area contributed by atoms with Gasteiger partial charge >= 0.3 is 5.97 Å². The van der Waals surface area contributed by atoms with E-state index < -0.39 is 12.0 Å². The molecule has 1 aromatic rings. The zero-order chi connectivity index (χ0) is 17.3. The van der Waals surface area contributed by atoms with Gasteiger partial charge in [0, 0.05) is 18.4 Å². The number of rotatable bonds is 4. The van der Waals surface area contributed by atoms with Crippen LogP contribution in [0.5, 0.6) is 0 Å². The maximum absolute atomic E-state index is 12.3. The van der Waals surface area contributed by atoms with Crippen LogP contribution in [0.1, 0.15) is 24.1 Å². The fraction of sp³-hybridized carbons (Fsp3) is 0.500. The first-order valence-corrected chi connectivity index (χ1v) is 8.21. The number of pyridine rings is 1. The molecular weight excluding hydrogens is 334 g/mol. The summed E-state index contributed by atoms with van der Waals surface area (Å²) in [6.45, 7) is 2.19. The number of hydrogen-bond donors (Lipinski definition) is 1. The molecule has 2 aliphatic rings. The summed E-state index contributed by atoms with van der Waals surface area (Å²) in [6, 6.07) is 0.479. The number of carbonyl (C=O) groups excluding carboxylic acids is 3. The topological polar surface area (TPSA) is 88.6 Å². The highest BCUT2D eigenvalue weighted by molar-refractivity contribution is 6.30. The number of nitrogens with one attached hydrogen (secondary N) is 1. The van der Waals surface area contributed by atoms with Crippen LogP contribution in [-0.4, -0.2) is 52.9 Å². The molecule has 0 unspecified atom stereocenters. The Morgan fingerprint density at radius 1 is 1.50 bits per heavy atom. The monoisotopic (exact) mass is 351 g/mol. The minimum atomic E-state index is -0.811. The second-order valence-electron chi connectivity index (χ2n) is 6.01. The Balaban J connectivity index is 1.57. The second-order valence-corrected chi connectivity index (χ2v) is 6.45. The predicted octanol–water partition coefficient (Wildman–Crippen LogP) is 0.619. The number of halogens is 1. The molecular formula is C16H18ClN3O4. The zero-order valence-corrected chi connectivity index (χ0v) is 14.0. The average molecular weight is 352 g/mol. The summed E-state index contributed by atoms with van der Waals surface area (Å²) in [4.78, 5) is 42.0. The van der Waals surface area contributed by atoms with Crippen molar-refractivity contribution in [2.24, 2.45) is 0 Å². The van der Waals surface area contributed by atoms with Gasteiger partial charge in [0.2, 0.25) is 11.8 Å². The molecule has 2 fully saturated rings. The molecule has 1 N–H and O–H groups in total. The van der Waals surface area contributed by atoms with Crippen molar-refractivity contribution in [3.05, 3.63) is 28.5 Å². The van der Waals surface area contributed by atoms with Gasteiger partial charge < -0.3 is 15.0 Å². The standard InChI is InChI=1S/C16H18ClN3O4/c1-9-10(5-11(17)7-18-9)6-14(21)24-8-12-16(23)20-4-2-3-13(20)15(22)19-12/h5,7,12-13H,2-4,6,8H2,1H3,(H,19,22)/t12-,13-/m0/s1. The lowest BCUT2D eigenvalue weighted by Gasteiger charge is -2.34. The highest BCUT2D eigenvalue weighted by atomic mass is 35.5. The van der Waals surface area contributed by atoms with E-state index in [9.17, 15) is 14.4 Å². The molecule has 1 aromatic heterocycles. The Hall–Kier alpha value is -2.15. The van der Waals surface area contributed by atoms with Crippen molar-refractivity contribution in [1.29, 1.82) is 0 Å². The number of hydrogen-bond acceptors (Lipinski definition) is 5. The van der Waals surface area contributed by atoms with Gasteiger partial charge in [0.25, 0.3) is 0 Å². The Labute approximate surface area is 144 Å². The summed E-state index contributed by atoms with van der Waals surface area (Å²) >= 11 is 5.87. The Kier molecular flexibility index (Phi) is 4.71. The minimum Gasteiger partial charge on any atom is -0.463 e. The van der Waals surface area contributed by atoms with Crippen molar-refractivity contribution < 1.29 is 19.1 Å². The Morgan fingerprint density at radius 3 is 3.08 bits per heavy atom. The smallest absolute Gasteiger partial charge is 0.310 e. The van der Waals surface area contributed by atoms with Crippen LogP contribution in [0.4, 0.5) is 0 Å². The van der Waals surface area contributed by atoms with E-state index in [2.05, 4.69) is 10.3 Å². The zero-order valence-electron chi connectivity index (χ0n) is 13.3. The molecule has 0 saturated carbocycles. The number of carbonyl (C=O) groups is 3. The fourth-order valence-electron chi connectivity index (χ4n) is 3.06. The van der Waals surface area contributed by atoms with Crippen LogP contribution >= 0.6 is 11.6 Å². The van der Waals surface area contributed by atoms with E-state index in [1.807, 2.05) is 0 Å². The van der Waals surface area contributed by atoms with E-state index in [1.165, 1.54) is 6.20 Å². The van der Waals surface area contributed by atoms with Crippen molar-refractivity contribution in [3.8, 4) is 0 Å². The molecule has 0 spiro atoms. The van der Waals surface area contributed by atoms with Gasteiger partial charge in [-0.2, -0.15) is 0 Å². The highest BCUT2D eigenvalue weighted by Crippen LogP contribution is 2.22. The summed E-state index contributed by atoms with van der Waals surface area (Å²) in [5.74, 6) is -0.860. The van der Waals surface area contributed by atoms with Crippen LogP contribution in [0.2, 0.25) is 5.02 Å². The lowest BCUT2D eigenvalue weighted by molar-refractivity contribution is -0.153. The highest BCUT2D eigenvalue weighted by Gasteiger charge is 2.43. The van der Waals surface area contributed by atoms with Crippen LogP contribution in [0.25, 0.3) is 0 Å². The van der Waals surface area contributed by atoms with E-state index in [4.69, 9.17) is 16.3 Å². The van der Waals surface area contributed by atoms with Crippen LogP contribution in [0, 0.1) is 6.92 Å². The molecule has 128 valence electrons. The van der Waals surface area contributed by atoms with E-state index in [0.29, 0.717) is 29.2 Å². The Bertz CT molecular complexity index is 694. The quantitative estimate of drug-likeness (QED) is 0.803. The first kappa shape index (κ1) is 16.7. The third kappa shape index (κ3) is 3.36.